The van der Waals surface area contributed by atoms with Crippen molar-refractivity contribution in [3.8, 4) is 0 Å². The van der Waals surface area contributed by atoms with Gasteiger partial charge < -0.3 is 15.4 Å². The Hall–Kier alpha value is -2.02. The second kappa shape index (κ2) is 7.12. The fourth-order valence-electron chi connectivity index (χ4n) is 1.92. The van der Waals surface area contributed by atoms with Crippen molar-refractivity contribution in [1.82, 2.24) is 5.32 Å². The predicted molar refractivity (Wildman–Crippen MR) is 79.9 cm³/mol. The number of nitrogens with one attached hydrogen (secondary N) is 2. The molecular formula is C14H16N2O4S. The molecule has 1 heterocycles. The zero-order chi connectivity index (χ0) is 15.2. The van der Waals surface area contributed by atoms with E-state index in [4.69, 9.17) is 0 Å². The summed E-state index contributed by atoms with van der Waals surface area (Å²) in [6, 6.07) is 8.41. The average molecular weight is 308 g/mol. The van der Waals surface area contributed by atoms with Gasteiger partial charge in [-0.15, -0.1) is 11.8 Å². The highest BCUT2D eigenvalue weighted by Crippen LogP contribution is 2.22. The van der Waals surface area contributed by atoms with Crippen LogP contribution in [0, 0.1) is 0 Å². The molecule has 2 rings (SSSR count). The van der Waals surface area contributed by atoms with Gasteiger partial charge >= 0.3 is 5.97 Å². The number of carbonyl (C=O) groups excluding carboxylic acids is 3. The van der Waals surface area contributed by atoms with Crippen LogP contribution in [0.15, 0.2) is 30.3 Å². The molecule has 0 aromatic heterocycles. The van der Waals surface area contributed by atoms with Crippen LogP contribution in [0.3, 0.4) is 0 Å². The highest BCUT2D eigenvalue weighted by molar-refractivity contribution is 8.00. The van der Waals surface area contributed by atoms with Gasteiger partial charge in [0.2, 0.25) is 11.8 Å². The lowest BCUT2D eigenvalue weighted by molar-refractivity contribution is -0.144. The van der Waals surface area contributed by atoms with E-state index in [-0.39, 0.29) is 18.2 Å². The highest BCUT2D eigenvalue weighted by atomic mass is 32.2. The third kappa shape index (κ3) is 4.22. The van der Waals surface area contributed by atoms with Gasteiger partial charge in [0, 0.05) is 17.9 Å². The Labute approximate surface area is 126 Å². The molecule has 1 aliphatic rings. The molecule has 21 heavy (non-hydrogen) atoms. The van der Waals surface area contributed by atoms with Crippen LogP contribution < -0.4 is 10.6 Å². The van der Waals surface area contributed by atoms with E-state index in [0.29, 0.717) is 11.4 Å². The Morgan fingerprint density at radius 3 is 2.71 bits per heavy atom. The summed E-state index contributed by atoms with van der Waals surface area (Å²) < 4.78 is 4.59. The van der Waals surface area contributed by atoms with Crippen LogP contribution in [-0.2, 0) is 19.1 Å². The molecule has 0 aliphatic carbocycles. The standard InChI is InChI=1S/C14H16N2O4S/c1-20-14(19)10-8-21-11(13(18)16-10)7-12(17)15-9-5-3-2-4-6-9/h2-6,10-11H,7-8H2,1H3,(H,15,17)(H,16,18)/t10-,11-/m0/s1. The van der Waals surface area contributed by atoms with Crippen LogP contribution in [0.4, 0.5) is 5.69 Å². The number of hydrogen-bond donors (Lipinski definition) is 2. The first kappa shape index (κ1) is 15.4. The number of ether oxygens (including phenoxy) is 1. The van der Waals surface area contributed by atoms with Crippen molar-refractivity contribution in [2.75, 3.05) is 18.2 Å². The molecule has 112 valence electrons. The van der Waals surface area contributed by atoms with Gasteiger partial charge in [0.1, 0.15) is 6.04 Å². The maximum atomic E-state index is 11.9. The quantitative estimate of drug-likeness (QED) is 0.803. The summed E-state index contributed by atoms with van der Waals surface area (Å²) in [5.74, 6) is -0.611. The minimum absolute atomic E-state index is 0.0687. The number of carbonyl (C=O) groups is 3. The van der Waals surface area contributed by atoms with Crippen LogP contribution in [0.2, 0.25) is 0 Å². The fourth-order valence-corrected chi connectivity index (χ4v) is 3.05. The summed E-state index contributed by atoms with van der Waals surface area (Å²) in [5.41, 5.74) is 0.691. The lowest BCUT2D eigenvalue weighted by Gasteiger charge is -2.26. The molecule has 2 amide bonds. The SMILES string of the molecule is COC(=O)[C@@H]1CS[C@@H](CC(=O)Nc2ccccc2)C(=O)N1. The Morgan fingerprint density at radius 2 is 2.10 bits per heavy atom. The number of methoxy groups -OCH3 is 1. The lowest BCUT2D eigenvalue weighted by Crippen LogP contribution is -2.51. The summed E-state index contributed by atoms with van der Waals surface area (Å²) >= 11 is 1.29. The molecule has 0 unspecified atom stereocenters. The monoisotopic (exact) mass is 308 g/mol. The molecule has 0 saturated carbocycles. The van der Waals surface area contributed by atoms with Crippen molar-refractivity contribution in [3.63, 3.8) is 0 Å². The van der Waals surface area contributed by atoms with Gasteiger partial charge in [0.15, 0.2) is 0 Å². The number of hydrogen-bond acceptors (Lipinski definition) is 5. The van der Waals surface area contributed by atoms with E-state index in [0.717, 1.165) is 0 Å². The smallest absolute Gasteiger partial charge is 0.329 e. The van der Waals surface area contributed by atoms with E-state index < -0.39 is 17.3 Å². The van der Waals surface area contributed by atoms with Crippen LogP contribution in [0.25, 0.3) is 0 Å². The molecule has 1 aromatic rings. The summed E-state index contributed by atoms with van der Waals surface area (Å²) in [6.07, 6.45) is 0.0687. The van der Waals surface area contributed by atoms with Crippen molar-refractivity contribution >= 4 is 35.2 Å². The van der Waals surface area contributed by atoms with E-state index >= 15 is 0 Å². The Kier molecular flexibility index (Phi) is 5.21. The van der Waals surface area contributed by atoms with E-state index in [1.807, 2.05) is 18.2 Å². The maximum Gasteiger partial charge on any atom is 0.329 e. The van der Waals surface area contributed by atoms with Crippen LogP contribution >= 0.6 is 11.8 Å². The van der Waals surface area contributed by atoms with Gasteiger partial charge in [-0.1, -0.05) is 18.2 Å². The largest absolute Gasteiger partial charge is 0.467 e. The molecule has 2 N–H and O–H groups in total. The number of benzene rings is 1. The van der Waals surface area contributed by atoms with Gasteiger partial charge in [0.05, 0.1) is 12.4 Å². The molecule has 1 aromatic carbocycles. The van der Waals surface area contributed by atoms with E-state index in [1.54, 1.807) is 12.1 Å². The first-order valence-corrected chi connectivity index (χ1v) is 7.49. The predicted octanol–water partition coefficient (Wildman–Crippen LogP) is 0.788. The molecule has 1 fully saturated rings. The Bertz CT molecular complexity index is 535. The summed E-state index contributed by atoms with van der Waals surface area (Å²) in [7, 11) is 1.28. The van der Waals surface area contributed by atoms with Crippen LogP contribution in [0.5, 0.6) is 0 Å². The van der Waals surface area contributed by atoms with Gasteiger partial charge in [-0.05, 0) is 12.1 Å². The van der Waals surface area contributed by atoms with E-state index in [1.165, 1.54) is 18.9 Å². The molecule has 7 heteroatoms. The molecule has 6 nitrogen and oxygen atoms in total. The summed E-state index contributed by atoms with van der Waals surface area (Å²) in [6.45, 7) is 0. The Balaban J connectivity index is 1.85. The topological polar surface area (TPSA) is 84.5 Å². The van der Waals surface area contributed by atoms with Crippen LogP contribution in [-0.4, -0.2) is 41.9 Å². The average Bonchev–Trinajstić information content (AvgIpc) is 2.49. The van der Waals surface area contributed by atoms with Crippen molar-refractivity contribution in [1.29, 1.82) is 0 Å². The van der Waals surface area contributed by atoms with Crippen molar-refractivity contribution in [3.05, 3.63) is 30.3 Å². The fraction of sp³-hybridized carbons (Fsp3) is 0.357. The van der Waals surface area contributed by atoms with Gasteiger partial charge in [0.25, 0.3) is 0 Å². The first-order chi connectivity index (χ1) is 10.1. The highest BCUT2D eigenvalue weighted by Gasteiger charge is 2.33. The third-order valence-corrected chi connectivity index (χ3v) is 4.30. The molecule has 2 atom stereocenters. The third-order valence-electron chi connectivity index (χ3n) is 2.99. The van der Waals surface area contributed by atoms with Gasteiger partial charge in [-0.25, -0.2) is 4.79 Å². The second-order valence-electron chi connectivity index (χ2n) is 4.52. The number of thioether (sulfide) groups is 1. The number of amides is 2. The zero-order valence-electron chi connectivity index (χ0n) is 11.5. The van der Waals surface area contributed by atoms with Gasteiger partial charge in [-0.2, -0.15) is 0 Å². The number of esters is 1. The second-order valence-corrected chi connectivity index (χ2v) is 5.76. The minimum Gasteiger partial charge on any atom is -0.467 e. The molecular weight excluding hydrogens is 292 g/mol. The molecule has 0 radical (unpaired) electrons. The van der Waals surface area contributed by atoms with Gasteiger partial charge in [-0.3, -0.25) is 9.59 Å². The molecule has 1 aliphatic heterocycles. The number of rotatable bonds is 4. The minimum atomic E-state index is -0.638. The number of anilines is 1. The molecule has 0 spiro atoms. The Morgan fingerprint density at radius 1 is 1.38 bits per heavy atom. The van der Waals surface area contributed by atoms with Crippen molar-refractivity contribution in [2.24, 2.45) is 0 Å². The maximum absolute atomic E-state index is 11.9. The van der Waals surface area contributed by atoms with Crippen molar-refractivity contribution < 1.29 is 19.1 Å². The molecule has 1 saturated heterocycles. The summed E-state index contributed by atoms with van der Waals surface area (Å²) in [4.78, 5) is 35.1. The number of para-hydroxylation sites is 1. The normalized spacial score (nSPS) is 21.3. The van der Waals surface area contributed by atoms with E-state index in [2.05, 4.69) is 15.4 Å². The summed E-state index contributed by atoms with van der Waals surface area (Å²) in [5, 5.41) is 4.81. The van der Waals surface area contributed by atoms with Crippen molar-refractivity contribution in [2.45, 2.75) is 17.7 Å². The lowest BCUT2D eigenvalue weighted by atomic mass is 10.2. The van der Waals surface area contributed by atoms with Crippen LogP contribution in [0.1, 0.15) is 6.42 Å². The molecule has 0 bridgehead atoms. The van der Waals surface area contributed by atoms with E-state index in [9.17, 15) is 14.4 Å². The zero-order valence-corrected chi connectivity index (χ0v) is 12.3. The first-order valence-electron chi connectivity index (χ1n) is 6.45.